The van der Waals surface area contributed by atoms with Gasteiger partial charge >= 0.3 is 0 Å². The second-order valence-corrected chi connectivity index (χ2v) is 3.65. The van der Waals surface area contributed by atoms with E-state index in [9.17, 15) is 0 Å². The smallest absolute Gasteiger partial charge is 0.146 e. The Balaban J connectivity index is 3.21. The van der Waals surface area contributed by atoms with Crippen LogP contribution < -0.4 is 0 Å². The molecule has 1 aromatic heterocycles. The van der Waals surface area contributed by atoms with E-state index < -0.39 is 0 Å². The summed E-state index contributed by atoms with van der Waals surface area (Å²) in [5.74, 6) is 0.720. The first-order valence-electron chi connectivity index (χ1n) is 3.98. The highest BCUT2D eigenvalue weighted by atomic mass is 35.5. The molecule has 2 nitrogen and oxygen atoms in total. The topological polar surface area (TPSA) is 25.8 Å². The number of nitrogens with zero attached hydrogens (tertiary/aromatic N) is 2. The standard InChI is InChI=1S/C9H13ClN2/c1-5-7(3)11-9(6(2)10)12-8(5)4/h6H,1-4H3. The van der Waals surface area contributed by atoms with Gasteiger partial charge in [0.1, 0.15) is 5.82 Å². The Morgan fingerprint density at radius 3 is 1.83 bits per heavy atom. The minimum atomic E-state index is -0.108. The van der Waals surface area contributed by atoms with Crippen molar-refractivity contribution in [3.8, 4) is 0 Å². The number of halogens is 1. The fraction of sp³-hybridized carbons (Fsp3) is 0.556. The SMILES string of the molecule is Cc1nc(C(C)Cl)nc(C)c1C. The molecule has 1 unspecified atom stereocenters. The third-order valence-corrected chi connectivity index (χ3v) is 2.20. The molecule has 0 saturated heterocycles. The van der Waals surface area contributed by atoms with Gasteiger partial charge in [-0.25, -0.2) is 9.97 Å². The molecule has 1 heterocycles. The number of hydrogen-bond donors (Lipinski definition) is 0. The quantitative estimate of drug-likeness (QED) is 0.628. The summed E-state index contributed by atoms with van der Waals surface area (Å²) < 4.78 is 0. The van der Waals surface area contributed by atoms with E-state index in [0.29, 0.717) is 0 Å². The molecule has 0 N–H and O–H groups in total. The molecule has 1 rings (SSSR count). The normalized spacial score (nSPS) is 13.1. The molecule has 0 radical (unpaired) electrons. The molecule has 1 atom stereocenters. The second-order valence-electron chi connectivity index (χ2n) is 2.99. The van der Waals surface area contributed by atoms with E-state index in [-0.39, 0.29) is 5.38 Å². The van der Waals surface area contributed by atoms with Crippen molar-refractivity contribution in [2.45, 2.75) is 33.1 Å². The summed E-state index contributed by atoms with van der Waals surface area (Å²) in [6.07, 6.45) is 0. The number of hydrogen-bond acceptors (Lipinski definition) is 2. The molecule has 12 heavy (non-hydrogen) atoms. The van der Waals surface area contributed by atoms with Crippen LogP contribution in [0.2, 0.25) is 0 Å². The molecule has 0 spiro atoms. The van der Waals surface area contributed by atoms with Crippen LogP contribution in [0.1, 0.15) is 35.1 Å². The van der Waals surface area contributed by atoms with Gasteiger partial charge in [0.15, 0.2) is 0 Å². The number of aryl methyl sites for hydroxylation is 2. The first-order chi connectivity index (χ1) is 5.52. The molecule has 0 saturated carbocycles. The summed E-state index contributed by atoms with van der Waals surface area (Å²) >= 11 is 5.87. The van der Waals surface area contributed by atoms with Crippen molar-refractivity contribution in [1.29, 1.82) is 0 Å². The second kappa shape index (κ2) is 3.40. The lowest BCUT2D eigenvalue weighted by molar-refractivity contribution is 0.860. The summed E-state index contributed by atoms with van der Waals surface area (Å²) in [4.78, 5) is 8.58. The van der Waals surface area contributed by atoms with Gasteiger partial charge in [0, 0.05) is 11.4 Å². The minimum absolute atomic E-state index is 0.108. The average Bonchev–Trinajstić information content (AvgIpc) is 1.99. The molecule has 66 valence electrons. The lowest BCUT2D eigenvalue weighted by Gasteiger charge is -2.07. The first kappa shape index (κ1) is 9.46. The molecule has 0 aliphatic carbocycles. The zero-order valence-corrected chi connectivity index (χ0v) is 8.61. The molecule has 1 aromatic rings. The highest BCUT2D eigenvalue weighted by Crippen LogP contribution is 2.17. The van der Waals surface area contributed by atoms with E-state index in [0.717, 1.165) is 22.8 Å². The van der Waals surface area contributed by atoms with Gasteiger partial charge in [-0.3, -0.25) is 0 Å². The lowest BCUT2D eigenvalue weighted by atomic mass is 10.2. The Morgan fingerprint density at radius 2 is 1.50 bits per heavy atom. The van der Waals surface area contributed by atoms with Crippen molar-refractivity contribution in [3.63, 3.8) is 0 Å². The summed E-state index contributed by atoms with van der Waals surface area (Å²) in [6.45, 7) is 7.86. The zero-order chi connectivity index (χ0) is 9.30. The van der Waals surface area contributed by atoms with Crippen LogP contribution in [0.15, 0.2) is 0 Å². The largest absolute Gasteiger partial charge is 0.236 e. The van der Waals surface area contributed by atoms with Crippen molar-refractivity contribution in [2.75, 3.05) is 0 Å². The van der Waals surface area contributed by atoms with Crippen LogP contribution in [-0.4, -0.2) is 9.97 Å². The van der Waals surface area contributed by atoms with Gasteiger partial charge in [0.25, 0.3) is 0 Å². The molecule has 0 amide bonds. The van der Waals surface area contributed by atoms with Crippen molar-refractivity contribution in [2.24, 2.45) is 0 Å². The Labute approximate surface area is 78.0 Å². The molecule has 0 aliphatic heterocycles. The lowest BCUT2D eigenvalue weighted by Crippen LogP contribution is -2.02. The molecule has 0 fully saturated rings. The van der Waals surface area contributed by atoms with Crippen molar-refractivity contribution < 1.29 is 0 Å². The fourth-order valence-electron chi connectivity index (χ4n) is 0.976. The fourth-order valence-corrected chi connectivity index (χ4v) is 1.07. The number of aromatic nitrogens is 2. The maximum atomic E-state index is 5.87. The molecular weight excluding hydrogens is 172 g/mol. The Morgan fingerprint density at radius 1 is 1.08 bits per heavy atom. The molecular formula is C9H13ClN2. The highest BCUT2D eigenvalue weighted by molar-refractivity contribution is 6.20. The van der Waals surface area contributed by atoms with Gasteiger partial charge in [-0.15, -0.1) is 11.6 Å². The maximum absolute atomic E-state index is 5.87. The summed E-state index contributed by atoms with van der Waals surface area (Å²) in [5, 5.41) is -0.108. The molecule has 3 heteroatoms. The van der Waals surface area contributed by atoms with Crippen molar-refractivity contribution >= 4 is 11.6 Å². The van der Waals surface area contributed by atoms with Gasteiger partial charge in [-0.2, -0.15) is 0 Å². The highest BCUT2D eigenvalue weighted by Gasteiger charge is 2.08. The third kappa shape index (κ3) is 1.75. The third-order valence-electron chi connectivity index (χ3n) is 2.01. The van der Waals surface area contributed by atoms with Gasteiger partial charge in [0.05, 0.1) is 5.38 Å². The van der Waals surface area contributed by atoms with E-state index in [1.165, 1.54) is 0 Å². The zero-order valence-electron chi connectivity index (χ0n) is 7.85. The number of rotatable bonds is 1. The summed E-state index contributed by atoms with van der Waals surface area (Å²) in [5.41, 5.74) is 3.19. The van der Waals surface area contributed by atoms with Gasteiger partial charge < -0.3 is 0 Å². The average molecular weight is 185 g/mol. The molecule has 0 aromatic carbocycles. The Kier molecular flexibility index (Phi) is 2.68. The van der Waals surface area contributed by atoms with E-state index in [4.69, 9.17) is 11.6 Å². The van der Waals surface area contributed by atoms with Gasteiger partial charge in [-0.1, -0.05) is 0 Å². The molecule has 0 bridgehead atoms. The van der Waals surface area contributed by atoms with Gasteiger partial charge in [-0.05, 0) is 33.3 Å². The van der Waals surface area contributed by atoms with Crippen LogP contribution in [0.5, 0.6) is 0 Å². The monoisotopic (exact) mass is 184 g/mol. The number of alkyl halides is 1. The van der Waals surface area contributed by atoms with Crippen molar-refractivity contribution in [1.82, 2.24) is 9.97 Å². The van der Waals surface area contributed by atoms with Crippen LogP contribution >= 0.6 is 11.6 Å². The minimum Gasteiger partial charge on any atom is -0.236 e. The van der Waals surface area contributed by atoms with Crippen LogP contribution in [0.25, 0.3) is 0 Å². The van der Waals surface area contributed by atoms with Crippen LogP contribution in [0.4, 0.5) is 0 Å². The maximum Gasteiger partial charge on any atom is 0.146 e. The van der Waals surface area contributed by atoms with Gasteiger partial charge in [0.2, 0.25) is 0 Å². The van der Waals surface area contributed by atoms with Crippen molar-refractivity contribution in [3.05, 3.63) is 22.8 Å². The summed E-state index contributed by atoms with van der Waals surface area (Å²) in [6, 6.07) is 0. The van der Waals surface area contributed by atoms with Crippen LogP contribution in [0, 0.1) is 20.8 Å². The predicted molar refractivity (Wildman–Crippen MR) is 50.5 cm³/mol. The van der Waals surface area contributed by atoms with E-state index in [2.05, 4.69) is 9.97 Å². The van der Waals surface area contributed by atoms with E-state index in [1.807, 2.05) is 27.7 Å². The van der Waals surface area contributed by atoms with Crippen LogP contribution in [-0.2, 0) is 0 Å². The summed E-state index contributed by atoms with van der Waals surface area (Å²) in [7, 11) is 0. The van der Waals surface area contributed by atoms with E-state index >= 15 is 0 Å². The Hall–Kier alpha value is -0.630. The molecule has 0 aliphatic rings. The first-order valence-corrected chi connectivity index (χ1v) is 4.42. The van der Waals surface area contributed by atoms with Crippen LogP contribution in [0.3, 0.4) is 0 Å². The van der Waals surface area contributed by atoms with E-state index in [1.54, 1.807) is 0 Å². The predicted octanol–water partition coefficient (Wildman–Crippen LogP) is 2.70. The Bertz CT molecular complexity index is 272.